The van der Waals surface area contributed by atoms with Crippen LogP contribution in [0.2, 0.25) is 0 Å². The minimum absolute atomic E-state index is 0.0761. The van der Waals surface area contributed by atoms with E-state index >= 15 is 0 Å². The lowest BCUT2D eigenvalue weighted by Gasteiger charge is -2.04. The summed E-state index contributed by atoms with van der Waals surface area (Å²) in [5, 5.41) is 0. The Morgan fingerprint density at radius 3 is 2.84 bits per heavy atom. The van der Waals surface area contributed by atoms with Crippen molar-refractivity contribution in [3.8, 4) is 5.75 Å². The zero-order valence-electron chi connectivity index (χ0n) is 13.0. The van der Waals surface area contributed by atoms with E-state index in [0.717, 1.165) is 20.2 Å². The molecule has 0 aliphatic heterocycles. The zero-order chi connectivity index (χ0) is 17.6. The summed E-state index contributed by atoms with van der Waals surface area (Å²) in [5.74, 6) is 0.155. The highest BCUT2D eigenvalue weighted by atomic mass is 127. The number of aromatic nitrogens is 2. The van der Waals surface area contributed by atoms with Crippen molar-refractivity contribution >= 4 is 62.0 Å². The summed E-state index contributed by atoms with van der Waals surface area (Å²) >= 11 is 3.47. The van der Waals surface area contributed by atoms with Gasteiger partial charge in [-0.25, -0.2) is 9.38 Å². The number of fused-ring (bicyclic) bond motifs is 3. The summed E-state index contributed by atoms with van der Waals surface area (Å²) in [4.78, 5) is 29.0. The number of nitrogens with zero attached hydrogens (tertiary/aromatic N) is 2. The quantitative estimate of drug-likeness (QED) is 0.261. The van der Waals surface area contributed by atoms with Crippen molar-refractivity contribution in [1.82, 2.24) is 9.38 Å². The molecule has 0 unspecified atom stereocenters. The largest absolute Gasteiger partial charge is 0.426 e. The molecule has 0 saturated carbocycles. The molecule has 0 aliphatic rings. The molecule has 0 fully saturated rings. The molecule has 0 N–H and O–H groups in total. The van der Waals surface area contributed by atoms with Gasteiger partial charge in [0.1, 0.15) is 5.75 Å². The first-order valence-corrected chi connectivity index (χ1v) is 9.32. The van der Waals surface area contributed by atoms with Crippen LogP contribution in [-0.2, 0) is 4.79 Å². The Hall–Kier alpha value is -2.26. The third-order valence-corrected chi connectivity index (χ3v) is 5.46. The standard InChI is InChI=1S/C18H11IN2O3S/c1-10(22)24-15-7-6-11(8-12(15)19)9-16-17(23)21-14-5-3-2-4-13(14)20-18(21)25-16/h2-9H,1H3/b16-9-. The monoisotopic (exact) mass is 462 g/mol. The zero-order valence-corrected chi connectivity index (χ0v) is 16.0. The number of carbonyl (C=O) groups is 1. The van der Waals surface area contributed by atoms with E-state index in [1.54, 1.807) is 10.5 Å². The smallest absolute Gasteiger partial charge is 0.308 e. The summed E-state index contributed by atoms with van der Waals surface area (Å²) in [6.45, 7) is 1.37. The van der Waals surface area contributed by atoms with E-state index in [1.807, 2.05) is 42.5 Å². The van der Waals surface area contributed by atoms with Crippen LogP contribution in [0.3, 0.4) is 0 Å². The molecule has 0 saturated heterocycles. The fourth-order valence-corrected chi connectivity index (χ4v) is 4.24. The summed E-state index contributed by atoms with van der Waals surface area (Å²) in [6.07, 6.45) is 1.83. The molecule has 0 amide bonds. The minimum Gasteiger partial charge on any atom is -0.426 e. The van der Waals surface area contributed by atoms with Crippen molar-refractivity contribution in [3.05, 3.63) is 66.5 Å². The summed E-state index contributed by atoms with van der Waals surface area (Å²) in [5.41, 5.74) is 2.43. The first kappa shape index (κ1) is 16.2. The highest BCUT2D eigenvalue weighted by molar-refractivity contribution is 14.1. The van der Waals surface area contributed by atoms with Crippen molar-refractivity contribution in [2.24, 2.45) is 0 Å². The van der Waals surface area contributed by atoms with Crippen molar-refractivity contribution in [2.75, 3.05) is 0 Å². The van der Waals surface area contributed by atoms with Crippen molar-refractivity contribution in [2.45, 2.75) is 6.92 Å². The third-order valence-electron chi connectivity index (χ3n) is 3.65. The molecular formula is C18H11IN2O3S. The average Bonchev–Trinajstić information content (AvgIpc) is 3.07. The highest BCUT2D eigenvalue weighted by Gasteiger charge is 2.11. The molecule has 4 rings (SSSR count). The Morgan fingerprint density at radius 1 is 1.28 bits per heavy atom. The second-order valence-corrected chi connectivity index (χ2v) is 7.59. The number of imidazole rings is 1. The lowest BCUT2D eigenvalue weighted by molar-refractivity contribution is -0.131. The number of rotatable bonds is 2. The van der Waals surface area contributed by atoms with Crippen LogP contribution < -0.4 is 14.8 Å². The average molecular weight is 462 g/mol. The lowest BCUT2D eigenvalue weighted by Crippen LogP contribution is -2.22. The van der Waals surface area contributed by atoms with Gasteiger partial charge in [0.25, 0.3) is 5.56 Å². The molecule has 2 aromatic carbocycles. The number of ether oxygens (including phenoxy) is 1. The molecule has 0 bridgehead atoms. The molecule has 0 aliphatic carbocycles. The molecule has 4 aromatic rings. The number of thiazole rings is 1. The van der Waals surface area contributed by atoms with Gasteiger partial charge in [-0.3, -0.25) is 9.59 Å². The van der Waals surface area contributed by atoms with Gasteiger partial charge in [0.05, 0.1) is 19.1 Å². The van der Waals surface area contributed by atoms with Crippen LogP contribution in [0.1, 0.15) is 12.5 Å². The van der Waals surface area contributed by atoms with Gasteiger partial charge in [0, 0.05) is 6.92 Å². The second-order valence-electron chi connectivity index (χ2n) is 5.42. The van der Waals surface area contributed by atoms with E-state index in [-0.39, 0.29) is 11.5 Å². The Bertz CT molecular complexity index is 1240. The van der Waals surface area contributed by atoms with Crippen LogP contribution in [-0.4, -0.2) is 15.4 Å². The summed E-state index contributed by atoms with van der Waals surface area (Å²) < 4.78 is 8.19. The number of benzene rings is 2. The molecule has 25 heavy (non-hydrogen) atoms. The number of hydrogen-bond donors (Lipinski definition) is 0. The Balaban J connectivity index is 1.84. The number of hydrogen-bond acceptors (Lipinski definition) is 5. The predicted octanol–water partition coefficient (Wildman–Crippen LogP) is 2.99. The summed E-state index contributed by atoms with van der Waals surface area (Å²) in [6, 6.07) is 13.0. The Kier molecular flexibility index (Phi) is 4.04. The Labute approximate surface area is 159 Å². The van der Waals surface area contributed by atoms with Crippen LogP contribution >= 0.6 is 33.9 Å². The van der Waals surface area contributed by atoms with Crippen LogP contribution in [0, 0.1) is 3.57 Å². The SMILES string of the molecule is CC(=O)Oc1ccc(/C=c2\sc3nc4ccccc4n3c2=O)cc1I. The van der Waals surface area contributed by atoms with Gasteiger partial charge in [0.15, 0.2) is 4.96 Å². The molecule has 0 spiro atoms. The van der Waals surface area contributed by atoms with E-state index in [0.29, 0.717) is 15.2 Å². The molecule has 2 aromatic heterocycles. The summed E-state index contributed by atoms with van der Waals surface area (Å²) in [7, 11) is 0. The van der Waals surface area contributed by atoms with E-state index in [9.17, 15) is 9.59 Å². The topological polar surface area (TPSA) is 60.7 Å². The molecular weight excluding hydrogens is 451 g/mol. The van der Waals surface area contributed by atoms with E-state index in [1.165, 1.54) is 18.3 Å². The number of halogens is 1. The maximum Gasteiger partial charge on any atom is 0.308 e. The third kappa shape index (κ3) is 2.93. The van der Waals surface area contributed by atoms with Gasteiger partial charge in [-0.15, -0.1) is 0 Å². The molecule has 124 valence electrons. The van der Waals surface area contributed by atoms with Gasteiger partial charge >= 0.3 is 5.97 Å². The van der Waals surface area contributed by atoms with Crippen LogP contribution in [0.15, 0.2) is 47.3 Å². The fraction of sp³-hybridized carbons (Fsp3) is 0.0556. The van der Waals surface area contributed by atoms with Gasteiger partial charge in [-0.05, 0) is 58.5 Å². The lowest BCUT2D eigenvalue weighted by atomic mass is 10.2. The second kappa shape index (κ2) is 6.23. The minimum atomic E-state index is -0.358. The van der Waals surface area contributed by atoms with Crippen LogP contribution in [0.25, 0.3) is 22.1 Å². The number of para-hydroxylation sites is 2. The van der Waals surface area contributed by atoms with Crippen molar-refractivity contribution in [3.63, 3.8) is 0 Å². The van der Waals surface area contributed by atoms with Gasteiger partial charge < -0.3 is 4.74 Å². The molecule has 0 atom stereocenters. The van der Waals surface area contributed by atoms with Crippen molar-refractivity contribution < 1.29 is 9.53 Å². The van der Waals surface area contributed by atoms with Gasteiger partial charge in [-0.2, -0.15) is 0 Å². The Morgan fingerprint density at radius 2 is 2.08 bits per heavy atom. The van der Waals surface area contributed by atoms with Gasteiger partial charge in [0.2, 0.25) is 0 Å². The number of carbonyl (C=O) groups excluding carboxylic acids is 1. The molecule has 7 heteroatoms. The first-order valence-electron chi connectivity index (χ1n) is 7.42. The molecule has 5 nitrogen and oxygen atoms in total. The maximum absolute atomic E-state index is 12.7. The maximum atomic E-state index is 12.7. The first-order chi connectivity index (χ1) is 12.0. The van der Waals surface area contributed by atoms with Crippen molar-refractivity contribution in [1.29, 1.82) is 0 Å². The van der Waals surface area contributed by atoms with Gasteiger partial charge in [-0.1, -0.05) is 29.5 Å². The highest BCUT2D eigenvalue weighted by Crippen LogP contribution is 2.23. The van der Waals surface area contributed by atoms with E-state index in [4.69, 9.17) is 4.74 Å². The molecule has 0 radical (unpaired) electrons. The molecule has 2 heterocycles. The van der Waals surface area contributed by atoms with E-state index < -0.39 is 0 Å². The van der Waals surface area contributed by atoms with Crippen LogP contribution in [0.5, 0.6) is 5.75 Å². The van der Waals surface area contributed by atoms with Crippen LogP contribution in [0.4, 0.5) is 0 Å². The van der Waals surface area contributed by atoms with E-state index in [2.05, 4.69) is 27.6 Å². The predicted molar refractivity (Wildman–Crippen MR) is 106 cm³/mol. The number of esters is 1. The normalized spacial score (nSPS) is 12.2. The fourth-order valence-electron chi connectivity index (χ4n) is 2.61.